The third-order valence-corrected chi connectivity index (χ3v) is 12.1. The largest absolute Gasteiger partial charge is 0.408 e. The minimum Gasteiger partial charge on any atom is -0.408 e. The summed E-state index contributed by atoms with van der Waals surface area (Å²) in [4.78, 5) is 26.1. The highest BCUT2D eigenvalue weighted by Gasteiger charge is 2.52. The van der Waals surface area contributed by atoms with Crippen molar-refractivity contribution in [2.45, 2.75) is 121 Å². The van der Waals surface area contributed by atoms with Gasteiger partial charge < -0.3 is 29.3 Å². The number of amides is 2. The molecule has 2 N–H and O–H groups in total. The first-order chi connectivity index (χ1) is 16.2. The van der Waals surface area contributed by atoms with E-state index in [4.69, 9.17) is 18.6 Å². The van der Waals surface area contributed by atoms with Gasteiger partial charge in [0.2, 0.25) is 5.91 Å². The highest BCUT2D eigenvalue weighted by atomic mass is 28.4. The average Bonchev–Trinajstić information content (AvgIpc) is 3.54. The molecule has 3 aliphatic rings. The molecule has 1 saturated carbocycles. The summed E-state index contributed by atoms with van der Waals surface area (Å²) in [6.07, 6.45) is 6.43. The molecule has 3 fully saturated rings. The molecular weight excluding hydrogens is 464 g/mol. The summed E-state index contributed by atoms with van der Waals surface area (Å²) in [6, 6.07) is -0.584. The molecule has 35 heavy (non-hydrogen) atoms. The zero-order valence-corrected chi connectivity index (χ0v) is 23.8. The number of ether oxygens (including phenoxy) is 3. The molecule has 5 atom stereocenters. The Kier molecular flexibility index (Phi) is 8.90. The van der Waals surface area contributed by atoms with Gasteiger partial charge in [-0.2, -0.15) is 0 Å². The Morgan fingerprint density at radius 3 is 2.46 bits per heavy atom. The fourth-order valence-corrected chi connectivity index (χ4v) is 5.61. The van der Waals surface area contributed by atoms with Crippen LogP contribution < -0.4 is 10.6 Å². The maximum atomic E-state index is 13.6. The van der Waals surface area contributed by atoms with Crippen molar-refractivity contribution in [3.63, 3.8) is 0 Å². The van der Waals surface area contributed by atoms with Gasteiger partial charge in [0.25, 0.3) is 5.91 Å². The van der Waals surface area contributed by atoms with Crippen LogP contribution in [0.25, 0.3) is 0 Å². The third-order valence-electron chi connectivity index (χ3n) is 7.58. The lowest BCUT2D eigenvalue weighted by Gasteiger charge is -2.42. The Balaban J connectivity index is 1.90. The molecule has 8 nitrogen and oxygen atoms in total. The second kappa shape index (κ2) is 11.0. The van der Waals surface area contributed by atoms with Gasteiger partial charge in [-0.25, -0.2) is 0 Å². The predicted octanol–water partition coefficient (Wildman–Crippen LogP) is 3.66. The highest BCUT2D eigenvalue weighted by Crippen LogP contribution is 2.41. The van der Waals surface area contributed by atoms with Crippen LogP contribution in [0.15, 0.2) is 12.2 Å². The third kappa shape index (κ3) is 7.38. The number of allylic oxidation sites excluding steroid dienone is 1. The summed E-state index contributed by atoms with van der Waals surface area (Å²) in [5, 5.41) is 5.72. The van der Waals surface area contributed by atoms with Gasteiger partial charge in [0, 0.05) is 13.7 Å². The number of rotatable bonds is 9. The lowest BCUT2D eigenvalue weighted by atomic mass is 10.0. The summed E-state index contributed by atoms with van der Waals surface area (Å²) in [6.45, 7) is 15.2. The van der Waals surface area contributed by atoms with Crippen molar-refractivity contribution in [2.24, 2.45) is 5.92 Å². The van der Waals surface area contributed by atoms with Crippen LogP contribution in [-0.4, -0.2) is 70.0 Å². The van der Waals surface area contributed by atoms with E-state index in [1.807, 2.05) is 13.8 Å². The van der Waals surface area contributed by atoms with E-state index in [1.54, 1.807) is 0 Å². The first-order valence-corrected chi connectivity index (χ1v) is 16.0. The van der Waals surface area contributed by atoms with Crippen LogP contribution in [0.3, 0.4) is 0 Å². The van der Waals surface area contributed by atoms with E-state index in [-0.39, 0.29) is 23.0 Å². The summed E-state index contributed by atoms with van der Waals surface area (Å²) in [5.41, 5.74) is 0. The van der Waals surface area contributed by atoms with Crippen molar-refractivity contribution in [2.75, 3.05) is 13.7 Å². The van der Waals surface area contributed by atoms with Gasteiger partial charge in [0.15, 0.2) is 20.2 Å². The zero-order chi connectivity index (χ0) is 26.0. The fraction of sp³-hybridized carbons (Fsp3) is 0.846. The van der Waals surface area contributed by atoms with E-state index in [2.05, 4.69) is 56.7 Å². The Morgan fingerprint density at radius 1 is 1.17 bits per heavy atom. The number of carbonyl (C=O) groups excluding carboxylic acids is 2. The van der Waals surface area contributed by atoms with Crippen molar-refractivity contribution in [3.8, 4) is 0 Å². The van der Waals surface area contributed by atoms with Crippen LogP contribution in [0.4, 0.5) is 0 Å². The van der Waals surface area contributed by atoms with E-state index in [9.17, 15) is 9.59 Å². The van der Waals surface area contributed by atoms with E-state index < -0.39 is 38.5 Å². The molecule has 0 aromatic rings. The van der Waals surface area contributed by atoms with Crippen LogP contribution in [0.2, 0.25) is 18.1 Å². The number of hydrogen-bond acceptors (Lipinski definition) is 6. The Bertz CT molecular complexity index is 789. The molecule has 0 radical (unpaired) electrons. The maximum absolute atomic E-state index is 13.6. The Labute approximate surface area is 212 Å². The van der Waals surface area contributed by atoms with Gasteiger partial charge in [-0.15, -0.1) is 0 Å². The average molecular weight is 511 g/mol. The molecule has 0 aromatic carbocycles. The molecule has 1 aliphatic carbocycles. The smallest absolute Gasteiger partial charge is 0.252 e. The van der Waals surface area contributed by atoms with Crippen molar-refractivity contribution in [1.82, 2.24) is 10.6 Å². The topological polar surface area (TPSA) is 95.1 Å². The molecule has 200 valence electrons. The van der Waals surface area contributed by atoms with Crippen LogP contribution in [0, 0.1) is 5.92 Å². The summed E-state index contributed by atoms with van der Waals surface area (Å²) in [7, 11) is -0.832. The highest BCUT2D eigenvalue weighted by molar-refractivity contribution is 6.74. The molecule has 0 spiro atoms. The van der Waals surface area contributed by atoms with Gasteiger partial charge in [-0.1, -0.05) is 32.9 Å². The SMILES string of the molecule is CO[C@@H](C(=O)N[C@H]1CCCCNC1=O)[C@H](O[Si](C)(C)C(C)(C)C)[C@H]1OC(C)(C)O[C@@H]1/C=C/C1CC1. The molecule has 2 saturated heterocycles. The standard InChI is InChI=1S/C26H46N2O6Si/c1-25(2,3)35(7,8)34-21(20-19(15-14-17-12-13-17)32-26(4,5)33-20)22(31-6)24(30)28-18-11-9-10-16-27-23(18)29/h14-15,17-22H,9-13,16H2,1-8H3,(H,27,29)(H,28,30)/b15-14+/t18-,19+,20-,21+,22+/m0/s1. The number of hydrogen-bond donors (Lipinski definition) is 2. The van der Waals surface area contributed by atoms with Crippen molar-refractivity contribution in [3.05, 3.63) is 12.2 Å². The molecule has 3 rings (SSSR count). The molecule has 0 bridgehead atoms. The molecule has 2 aliphatic heterocycles. The molecule has 2 amide bonds. The van der Waals surface area contributed by atoms with Gasteiger partial charge in [-0.05, 0) is 70.0 Å². The van der Waals surface area contributed by atoms with Crippen LogP contribution >= 0.6 is 0 Å². The summed E-state index contributed by atoms with van der Waals surface area (Å²) >= 11 is 0. The fourth-order valence-electron chi connectivity index (χ4n) is 4.31. The molecule has 9 heteroatoms. The molecule has 0 unspecified atom stereocenters. The van der Waals surface area contributed by atoms with Crippen LogP contribution in [0.5, 0.6) is 0 Å². The normalized spacial score (nSPS) is 29.5. The molecule has 0 aromatic heterocycles. The first-order valence-electron chi connectivity index (χ1n) is 13.1. The Morgan fingerprint density at radius 2 is 1.86 bits per heavy atom. The summed E-state index contributed by atoms with van der Waals surface area (Å²) in [5.74, 6) is -0.761. The minimum atomic E-state index is -2.34. The quantitative estimate of drug-likeness (QED) is 0.363. The number of nitrogens with one attached hydrogen (secondary N) is 2. The second-order valence-electron chi connectivity index (χ2n) is 12.1. The van der Waals surface area contributed by atoms with Gasteiger partial charge >= 0.3 is 0 Å². The van der Waals surface area contributed by atoms with Crippen LogP contribution in [0.1, 0.15) is 66.7 Å². The second-order valence-corrected chi connectivity index (χ2v) is 16.9. The van der Waals surface area contributed by atoms with E-state index >= 15 is 0 Å². The van der Waals surface area contributed by atoms with Crippen molar-refractivity contribution < 1.29 is 28.2 Å². The minimum absolute atomic E-state index is 0.0878. The molecule has 2 heterocycles. The van der Waals surface area contributed by atoms with E-state index in [1.165, 1.54) is 20.0 Å². The first kappa shape index (κ1) is 28.3. The summed E-state index contributed by atoms with van der Waals surface area (Å²) < 4.78 is 25.3. The van der Waals surface area contributed by atoms with Gasteiger partial charge in [0.1, 0.15) is 24.4 Å². The van der Waals surface area contributed by atoms with E-state index in [0.717, 1.165) is 12.8 Å². The Hall–Kier alpha value is -1.26. The van der Waals surface area contributed by atoms with E-state index in [0.29, 0.717) is 18.9 Å². The van der Waals surface area contributed by atoms with Gasteiger partial charge in [0.05, 0.1) is 0 Å². The lowest BCUT2D eigenvalue weighted by molar-refractivity contribution is -0.167. The number of methoxy groups -OCH3 is 1. The maximum Gasteiger partial charge on any atom is 0.252 e. The monoisotopic (exact) mass is 510 g/mol. The lowest BCUT2D eigenvalue weighted by Crippen LogP contribution is -2.59. The van der Waals surface area contributed by atoms with Crippen LogP contribution in [-0.2, 0) is 28.2 Å². The van der Waals surface area contributed by atoms with Crippen molar-refractivity contribution in [1.29, 1.82) is 0 Å². The molecular formula is C26H46N2O6Si. The predicted molar refractivity (Wildman–Crippen MR) is 137 cm³/mol. The van der Waals surface area contributed by atoms with Gasteiger partial charge in [-0.3, -0.25) is 9.59 Å². The number of carbonyl (C=O) groups is 2. The zero-order valence-electron chi connectivity index (χ0n) is 22.8. The van der Waals surface area contributed by atoms with Crippen molar-refractivity contribution >= 4 is 20.1 Å².